The molecule has 0 aromatic heterocycles. The Labute approximate surface area is 139 Å². The second kappa shape index (κ2) is 6.16. The summed E-state index contributed by atoms with van der Waals surface area (Å²) in [4.78, 5) is 0. The lowest BCUT2D eigenvalue weighted by Crippen LogP contribution is -2.01. The highest BCUT2D eigenvalue weighted by atomic mass is 79.9. The highest BCUT2D eigenvalue weighted by Gasteiger charge is 2.06. The molecule has 4 heteroatoms. The van der Waals surface area contributed by atoms with Crippen LogP contribution in [0.3, 0.4) is 0 Å². The molecule has 0 spiro atoms. The van der Waals surface area contributed by atoms with E-state index in [1.807, 2.05) is 24.3 Å². The number of nitrogens with one attached hydrogen (secondary N) is 1. The summed E-state index contributed by atoms with van der Waals surface area (Å²) in [6.45, 7) is 0.559. The molecular weight excluding hydrogens is 397 g/mol. The van der Waals surface area contributed by atoms with Gasteiger partial charge in [0.15, 0.2) is 0 Å². The Hall–Kier alpha value is -1.39. The Morgan fingerprint density at radius 1 is 0.857 bits per heavy atom. The topological polar surface area (TPSA) is 12.0 Å². The molecular formula is C17H12Br2FN. The van der Waals surface area contributed by atoms with Gasteiger partial charge in [-0.25, -0.2) is 4.39 Å². The van der Waals surface area contributed by atoms with Crippen LogP contribution in [0.1, 0.15) is 5.56 Å². The zero-order valence-corrected chi connectivity index (χ0v) is 14.2. The van der Waals surface area contributed by atoms with Gasteiger partial charge in [0.1, 0.15) is 5.82 Å². The molecule has 0 heterocycles. The first-order chi connectivity index (χ1) is 10.1. The van der Waals surface area contributed by atoms with E-state index in [-0.39, 0.29) is 5.82 Å². The fourth-order valence-corrected chi connectivity index (χ4v) is 3.15. The Morgan fingerprint density at radius 3 is 2.38 bits per heavy atom. The summed E-state index contributed by atoms with van der Waals surface area (Å²) in [6.07, 6.45) is 0. The third-order valence-corrected chi connectivity index (χ3v) is 4.81. The molecule has 0 aliphatic carbocycles. The highest BCUT2D eigenvalue weighted by Crippen LogP contribution is 2.30. The van der Waals surface area contributed by atoms with Crippen LogP contribution < -0.4 is 5.32 Å². The van der Waals surface area contributed by atoms with Crippen molar-refractivity contribution in [2.75, 3.05) is 5.32 Å². The van der Waals surface area contributed by atoms with E-state index in [1.54, 1.807) is 6.07 Å². The molecule has 3 aromatic carbocycles. The van der Waals surface area contributed by atoms with Crippen LogP contribution in [0.15, 0.2) is 63.5 Å². The maximum atomic E-state index is 13.3. The van der Waals surface area contributed by atoms with E-state index >= 15 is 0 Å². The minimum Gasteiger partial charge on any atom is -0.380 e. The lowest BCUT2D eigenvalue weighted by Gasteiger charge is -2.12. The predicted octanol–water partition coefficient (Wildman–Crippen LogP) is 6.12. The summed E-state index contributed by atoms with van der Waals surface area (Å²) in [5.74, 6) is -0.226. The van der Waals surface area contributed by atoms with Crippen LogP contribution in [0.5, 0.6) is 0 Å². The molecule has 0 unspecified atom stereocenters. The lowest BCUT2D eigenvalue weighted by atomic mass is 10.1. The van der Waals surface area contributed by atoms with Gasteiger partial charge in [0.25, 0.3) is 0 Å². The van der Waals surface area contributed by atoms with Gasteiger partial charge in [0.2, 0.25) is 0 Å². The Balaban J connectivity index is 1.92. The Kier molecular flexibility index (Phi) is 4.27. The van der Waals surface area contributed by atoms with Gasteiger partial charge in [-0.2, -0.15) is 0 Å². The molecule has 106 valence electrons. The SMILES string of the molecule is Fc1ccc(Br)c(CNc2ccc(Br)c3ccccc23)c1. The van der Waals surface area contributed by atoms with Gasteiger partial charge in [0.05, 0.1) is 0 Å². The molecule has 0 amide bonds. The number of rotatable bonds is 3. The molecule has 0 fully saturated rings. The minimum atomic E-state index is -0.226. The lowest BCUT2D eigenvalue weighted by molar-refractivity contribution is 0.625. The van der Waals surface area contributed by atoms with Gasteiger partial charge in [-0.15, -0.1) is 0 Å². The van der Waals surface area contributed by atoms with E-state index < -0.39 is 0 Å². The second-order valence-corrected chi connectivity index (χ2v) is 6.44. The fourth-order valence-electron chi connectivity index (χ4n) is 2.29. The molecule has 0 radical (unpaired) electrons. The normalized spacial score (nSPS) is 10.8. The van der Waals surface area contributed by atoms with Crippen molar-refractivity contribution < 1.29 is 4.39 Å². The molecule has 1 N–H and O–H groups in total. The first-order valence-corrected chi connectivity index (χ1v) is 8.09. The number of hydrogen-bond acceptors (Lipinski definition) is 1. The molecule has 3 aromatic rings. The number of anilines is 1. The van der Waals surface area contributed by atoms with E-state index in [1.165, 1.54) is 12.1 Å². The maximum Gasteiger partial charge on any atom is 0.123 e. The largest absolute Gasteiger partial charge is 0.380 e. The van der Waals surface area contributed by atoms with Crippen LogP contribution in [0.4, 0.5) is 10.1 Å². The van der Waals surface area contributed by atoms with E-state index in [9.17, 15) is 4.39 Å². The third kappa shape index (κ3) is 3.11. The molecule has 0 saturated carbocycles. The van der Waals surface area contributed by atoms with Crippen LogP contribution in [-0.2, 0) is 6.54 Å². The average Bonchev–Trinajstić information content (AvgIpc) is 2.50. The van der Waals surface area contributed by atoms with Crippen LogP contribution in [-0.4, -0.2) is 0 Å². The summed E-state index contributed by atoms with van der Waals surface area (Å²) in [5.41, 5.74) is 1.92. The first kappa shape index (κ1) is 14.5. The molecule has 21 heavy (non-hydrogen) atoms. The molecule has 0 bridgehead atoms. The van der Waals surface area contributed by atoms with Crippen molar-refractivity contribution in [1.82, 2.24) is 0 Å². The predicted molar refractivity (Wildman–Crippen MR) is 93.1 cm³/mol. The zero-order valence-electron chi connectivity index (χ0n) is 11.0. The Morgan fingerprint density at radius 2 is 1.57 bits per heavy atom. The number of hydrogen-bond donors (Lipinski definition) is 1. The smallest absolute Gasteiger partial charge is 0.123 e. The molecule has 0 atom stereocenters. The summed E-state index contributed by atoms with van der Waals surface area (Å²) in [5, 5.41) is 5.67. The van der Waals surface area contributed by atoms with Crippen LogP contribution in [0.25, 0.3) is 10.8 Å². The molecule has 0 aliphatic heterocycles. The quantitative estimate of drug-likeness (QED) is 0.550. The van der Waals surface area contributed by atoms with E-state index in [0.717, 1.165) is 31.0 Å². The summed E-state index contributed by atoms with van der Waals surface area (Å²) in [6, 6.07) is 16.9. The highest BCUT2D eigenvalue weighted by molar-refractivity contribution is 9.11. The summed E-state index contributed by atoms with van der Waals surface area (Å²) in [7, 11) is 0. The standard InChI is InChI=1S/C17H12Br2FN/c18-15-6-5-12(20)9-11(15)10-21-17-8-7-16(19)13-3-1-2-4-14(13)17/h1-9,21H,10H2. The van der Waals surface area contributed by atoms with Crippen LogP contribution in [0, 0.1) is 5.82 Å². The van der Waals surface area contributed by atoms with Crippen molar-refractivity contribution in [1.29, 1.82) is 0 Å². The summed E-state index contributed by atoms with van der Waals surface area (Å²) >= 11 is 7.01. The van der Waals surface area contributed by atoms with Gasteiger partial charge in [0, 0.05) is 26.6 Å². The zero-order chi connectivity index (χ0) is 14.8. The van der Waals surface area contributed by atoms with Crippen LogP contribution >= 0.6 is 31.9 Å². The van der Waals surface area contributed by atoms with Gasteiger partial charge in [-0.05, 0) is 41.3 Å². The molecule has 0 aliphatic rings. The van der Waals surface area contributed by atoms with Crippen molar-refractivity contribution in [3.05, 3.63) is 74.9 Å². The average molecular weight is 409 g/mol. The third-order valence-electron chi connectivity index (χ3n) is 3.35. The van der Waals surface area contributed by atoms with Crippen molar-refractivity contribution >= 4 is 48.3 Å². The second-order valence-electron chi connectivity index (χ2n) is 4.73. The van der Waals surface area contributed by atoms with Crippen LogP contribution in [0.2, 0.25) is 0 Å². The number of benzene rings is 3. The van der Waals surface area contributed by atoms with Gasteiger partial charge in [-0.3, -0.25) is 0 Å². The van der Waals surface area contributed by atoms with Crippen molar-refractivity contribution in [2.24, 2.45) is 0 Å². The minimum absolute atomic E-state index is 0.226. The van der Waals surface area contributed by atoms with Crippen molar-refractivity contribution in [2.45, 2.75) is 6.54 Å². The van der Waals surface area contributed by atoms with E-state index in [4.69, 9.17) is 0 Å². The van der Waals surface area contributed by atoms with E-state index in [2.05, 4.69) is 49.3 Å². The Bertz CT molecular complexity index is 802. The summed E-state index contributed by atoms with van der Waals surface area (Å²) < 4.78 is 15.3. The van der Waals surface area contributed by atoms with Crippen molar-refractivity contribution in [3.8, 4) is 0 Å². The molecule has 3 rings (SSSR count). The monoisotopic (exact) mass is 407 g/mol. The van der Waals surface area contributed by atoms with Gasteiger partial charge >= 0.3 is 0 Å². The molecule has 0 saturated heterocycles. The fraction of sp³-hybridized carbons (Fsp3) is 0.0588. The molecule has 1 nitrogen and oxygen atoms in total. The number of halogens is 3. The van der Waals surface area contributed by atoms with Crippen molar-refractivity contribution in [3.63, 3.8) is 0 Å². The first-order valence-electron chi connectivity index (χ1n) is 6.50. The van der Waals surface area contributed by atoms with E-state index in [0.29, 0.717) is 6.54 Å². The maximum absolute atomic E-state index is 13.3. The van der Waals surface area contributed by atoms with Gasteiger partial charge in [-0.1, -0.05) is 56.1 Å². The van der Waals surface area contributed by atoms with Gasteiger partial charge < -0.3 is 5.32 Å². The number of fused-ring (bicyclic) bond motifs is 1.